The lowest BCUT2D eigenvalue weighted by Gasteiger charge is -2.39. The van der Waals surface area contributed by atoms with Crippen LogP contribution in [-0.4, -0.2) is 16.1 Å². The molecule has 146 valence electrons. The van der Waals surface area contributed by atoms with Crippen LogP contribution in [0, 0.1) is 6.92 Å². The molecule has 6 rings (SSSR count). The molecule has 0 bridgehead atoms. The van der Waals surface area contributed by atoms with Gasteiger partial charge in [0.25, 0.3) is 0 Å². The Morgan fingerprint density at radius 2 is 1.97 bits per heavy atom. The Hall–Kier alpha value is -2.30. The second-order valence-corrected chi connectivity index (χ2v) is 9.43. The van der Waals surface area contributed by atoms with Crippen molar-refractivity contribution in [2.45, 2.75) is 38.8 Å². The van der Waals surface area contributed by atoms with Crippen molar-refractivity contribution in [1.82, 2.24) is 9.55 Å². The van der Waals surface area contributed by atoms with Gasteiger partial charge in [-0.1, -0.05) is 35.4 Å². The molecule has 1 aliphatic heterocycles. The van der Waals surface area contributed by atoms with Crippen molar-refractivity contribution < 1.29 is 0 Å². The van der Waals surface area contributed by atoms with Crippen molar-refractivity contribution in [3.63, 3.8) is 0 Å². The van der Waals surface area contributed by atoms with Gasteiger partial charge in [-0.15, -0.1) is 11.3 Å². The van der Waals surface area contributed by atoms with E-state index >= 15 is 0 Å². The van der Waals surface area contributed by atoms with E-state index in [0.717, 1.165) is 34.5 Å². The zero-order valence-corrected chi connectivity index (χ0v) is 17.9. The molecule has 2 aliphatic rings. The molecule has 3 nitrogen and oxygen atoms in total. The minimum atomic E-state index is 0.435. The van der Waals surface area contributed by atoms with Crippen molar-refractivity contribution in [3.05, 3.63) is 69.7 Å². The fourth-order valence-corrected chi connectivity index (χ4v) is 6.13. The van der Waals surface area contributed by atoms with Gasteiger partial charge in [0.1, 0.15) is 0 Å². The molecule has 2 aromatic heterocycles. The number of benzene rings is 2. The van der Waals surface area contributed by atoms with Crippen LogP contribution in [-0.2, 0) is 13.0 Å². The summed E-state index contributed by atoms with van der Waals surface area (Å²) in [4.78, 5) is 7.57. The van der Waals surface area contributed by atoms with Gasteiger partial charge in [-0.25, -0.2) is 4.98 Å². The van der Waals surface area contributed by atoms with Crippen LogP contribution in [0.15, 0.2) is 47.8 Å². The van der Waals surface area contributed by atoms with Gasteiger partial charge >= 0.3 is 0 Å². The molecule has 0 saturated heterocycles. The molecule has 0 spiro atoms. The molecule has 29 heavy (non-hydrogen) atoms. The van der Waals surface area contributed by atoms with Crippen molar-refractivity contribution in [1.29, 1.82) is 0 Å². The van der Waals surface area contributed by atoms with Crippen molar-refractivity contribution in [3.8, 4) is 11.3 Å². The third-order valence-corrected chi connectivity index (χ3v) is 7.54. The molecular weight excluding hydrogens is 398 g/mol. The second kappa shape index (κ2) is 6.61. The number of aromatic nitrogens is 2. The fourth-order valence-electron chi connectivity index (χ4n) is 5.10. The van der Waals surface area contributed by atoms with Crippen molar-refractivity contribution in [2.75, 3.05) is 11.4 Å². The minimum absolute atomic E-state index is 0.435. The quantitative estimate of drug-likeness (QED) is 0.363. The van der Waals surface area contributed by atoms with Crippen LogP contribution in [0.25, 0.3) is 22.2 Å². The number of halogens is 1. The Kier molecular flexibility index (Phi) is 4.00. The largest absolute Gasteiger partial charge is 0.341 e. The summed E-state index contributed by atoms with van der Waals surface area (Å²) >= 11 is 7.81. The van der Waals surface area contributed by atoms with E-state index in [2.05, 4.69) is 52.1 Å². The molecule has 0 fully saturated rings. The average molecular weight is 420 g/mol. The number of thiazole rings is 1. The molecule has 0 unspecified atom stereocenters. The van der Waals surface area contributed by atoms with E-state index in [0.29, 0.717) is 6.04 Å². The van der Waals surface area contributed by atoms with E-state index in [-0.39, 0.29) is 0 Å². The highest BCUT2D eigenvalue weighted by molar-refractivity contribution is 7.14. The number of hydrogen-bond acceptors (Lipinski definition) is 3. The molecule has 5 heteroatoms. The summed E-state index contributed by atoms with van der Waals surface area (Å²) in [6.07, 6.45) is 3.65. The molecule has 4 aromatic rings. The number of anilines is 1. The molecule has 0 amide bonds. The first kappa shape index (κ1) is 17.5. The molecule has 1 atom stereocenters. The standard InChI is InChI=1S/C24H22ClN3S/c1-15-5-10-21-19(13-15)18-3-2-4-22-23(18)27(21)11-12-28(22)24-26-20(14-29-24)16-6-8-17(25)9-7-16/h5-10,13-14,22H,2-4,11-12H2,1H3/t22-/m0/s1. The molecule has 2 aromatic carbocycles. The normalized spacial score (nSPS) is 18.3. The summed E-state index contributed by atoms with van der Waals surface area (Å²) in [5, 5.41) is 5.54. The Morgan fingerprint density at radius 1 is 1.10 bits per heavy atom. The number of rotatable bonds is 2. The van der Waals surface area contributed by atoms with Gasteiger partial charge in [0.15, 0.2) is 5.13 Å². The Balaban J connectivity index is 1.42. The van der Waals surface area contributed by atoms with Gasteiger partial charge in [0, 0.05) is 45.7 Å². The maximum absolute atomic E-state index is 6.05. The van der Waals surface area contributed by atoms with E-state index in [4.69, 9.17) is 16.6 Å². The molecule has 0 N–H and O–H groups in total. The molecule has 0 radical (unpaired) electrons. The van der Waals surface area contributed by atoms with Gasteiger partial charge in [-0.3, -0.25) is 0 Å². The van der Waals surface area contributed by atoms with Crippen LogP contribution >= 0.6 is 22.9 Å². The Bertz CT molecular complexity index is 1220. The number of hydrogen-bond donors (Lipinski definition) is 0. The van der Waals surface area contributed by atoms with E-state index in [9.17, 15) is 0 Å². The first-order valence-corrected chi connectivity index (χ1v) is 11.5. The second-order valence-electron chi connectivity index (χ2n) is 8.16. The molecule has 0 saturated carbocycles. The summed E-state index contributed by atoms with van der Waals surface area (Å²) in [5.41, 5.74) is 8.03. The van der Waals surface area contributed by atoms with Crippen LogP contribution in [0.2, 0.25) is 5.02 Å². The lowest BCUT2D eigenvalue weighted by atomic mass is 9.90. The minimum Gasteiger partial charge on any atom is -0.341 e. The first-order valence-electron chi connectivity index (χ1n) is 10.3. The maximum Gasteiger partial charge on any atom is 0.186 e. The van der Waals surface area contributed by atoms with Crippen LogP contribution in [0.1, 0.15) is 35.7 Å². The van der Waals surface area contributed by atoms with Crippen LogP contribution < -0.4 is 4.90 Å². The third kappa shape index (κ3) is 2.73. The third-order valence-electron chi connectivity index (χ3n) is 6.41. The number of nitrogens with zero attached hydrogens (tertiary/aromatic N) is 3. The van der Waals surface area contributed by atoms with E-state index < -0.39 is 0 Å². The van der Waals surface area contributed by atoms with E-state index in [1.165, 1.54) is 41.4 Å². The predicted molar refractivity (Wildman–Crippen MR) is 122 cm³/mol. The maximum atomic E-state index is 6.05. The summed E-state index contributed by atoms with van der Waals surface area (Å²) in [7, 11) is 0. The summed E-state index contributed by atoms with van der Waals surface area (Å²) < 4.78 is 2.58. The zero-order chi connectivity index (χ0) is 19.5. The van der Waals surface area contributed by atoms with Crippen molar-refractivity contribution in [2.24, 2.45) is 0 Å². The van der Waals surface area contributed by atoms with Crippen LogP contribution in [0.3, 0.4) is 0 Å². The SMILES string of the molecule is Cc1ccc2c(c1)c1c3n2CCN(c2nc(-c4ccc(Cl)cc4)cs2)[C@H]3CCC1. The lowest BCUT2D eigenvalue weighted by molar-refractivity contribution is 0.437. The molecule has 3 heterocycles. The lowest BCUT2D eigenvalue weighted by Crippen LogP contribution is -2.39. The van der Waals surface area contributed by atoms with Gasteiger partial charge in [-0.05, 0) is 56.0 Å². The van der Waals surface area contributed by atoms with E-state index in [1.54, 1.807) is 16.9 Å². The monoisotopic (exact) mass is 419 g/mol. The topological polar surface area (TPSA) is 21.1 Å². The highest BCUT2D eigenvalue weighted by Crippen LogP contribution is 2.45. The Labute approximate surface area is 179 Å². The van der Waals surface area contributed by atoms with Gasteiger partial charge < -0.3 is 9.47 Å². The average Bonchev–Trinajstić information content (AvgIpc) is 3.34. The summed E-state index contributed by atoms with van der Waals surface area (Å²) in [5.74, 6) is 0. The highest BCUT2D eigenvalue weighted by atomic mass is 35.5. The van der Waals surface area contributed by atoms with Crippen LogP contribution in [0.5, 0.6) is 0 Å². The van der Waals surface area contributed by atoms with Crippen LogP contribution in [0.4, 0.5) is 5.13 Å². The summed E-state index contributed by atoms with van der Waals surface area (Å²) in [6, 6.07) is 15.4. The van der Waals surface area contributed by atoms with Gasteiger partial charge in [-0.2, -0.15) is 0 Å². The molecule has 1 aliphatic carbocycles. The first-order chi connectivity index (χ1) is 14.2. The zero-order valence-electron chi connectivity index (χ0n) is 16.4. The number of fused-ring (bicyclic) bond motifs is 3. The fraction of sp³-hybridized carbons (Fsp3) is 0.292. The predicted octanol–water partition coefficient (Wildman–Crippen LogP) is 6.62. The summed E-state index contributed by atoms with van der Waals surface area (Å²) in [6.45, 7) is 4.24. The van der Waals surface area contributed by atoms with E-state index in [1.807, 2.05) is 12.1 Å². The number of aryl methyl sites for hydroxylation is 2. The molecular formula is C24H22ClN3S. The smallest absolute Gasteiger partial charge is 0.186 e. The Morgan fingerprint density at radius 3 is 2.83 bits per heavy atom. The van der Waals surface area contributed by atoms with Crippen molar-refractivity contribution >= 4 is 39.0 Å². The van der Waals surface area contributed by atoms with Gasteiger partial charge in [0.05, 0.1) is 11.7 Å². The highest BCUT2D eigenvalue weighted by Gasteiger charge is 2.36. The van der Waals surface area contributed by atoms with Gasteiger partial charge in [0.2, 0.25) is 0 Å².